The Kier molecular flexibility index (Phi) is 4.04. The van der Waals surface area contributed by atoms with Crippen LogP contribution in [0.5, 0.6) is 0 Å². The van der Waals surface area contributed by atoms with Gasteiger partial charge in [-0.3, -0.25) is 10.1 Å². The van der Waals surface area contributed by atoms with Crippen molar-refractivity contribution in [2.75, 3.05) is 0 Å². The van der Waals surface area contributed by atoms with Crippen molar-refractivity contribution in [3.05, 3.63) is 70.5 Å². The normalized spacial score (nSPS) is 11.3. The van der Waals surface area contributed by atoms with Gasteiger partial charge in [-0.25, -0.2) is 8.42 Å². The summed E-state index contributed by atoms with van der Waals surface area (Å²) in [7, 11) is -3.68. The standard InChI is InChI=1S/C14H11N5O4S/c20-19(21)13-9-5-4-8-12(13)18-14(15-16-17-18)10-24(22,23)11-6-2-1-3-7-11/h1-9H,10H2. The molecule has 0 saturated carbocycles. The zero-order chi connectivity index (χ0) is 17.2. The maximum atomic E-state index is 12.5. The number of sulfone groups is 1. The zero-order valence-electron chi connectivity index (χ0n) is 12.2. The Balaban J connectivity index is 2.03. The summed E-state index contributed by atoms with van der Waals surface area (Å²) in [5.74, 6) is -0.482. The lowest BCUT2D eigenvalue weighted by Gasteiger charge is -2.06. The van der Waals surface area contributed by atoms with Crippen molar-refractivity contribution in [2.24, 2.45) is 0 Å². The van der Waals surface area contributed by atoms with Crippen LogP contribution in [0.2, 0.25) is 0 Å². The lowest BCUT2D eigenvalue weighted by atomic mass is 10.3. The van der Waals surface area contributed by atoms with Gasteiger partial charge in [0.1, 0.15) is 11.4 Å². The first-order chi connectivity index (χ1) is 11.5. The number of tetrazole rings is 1. The van der Waals surface area contributed by atoms with E-state index in [0.717, 1.165) is 4.68 Å². The summed E-state index contributed by atoms with van der Waals surface area (Å²) >= 11 is 0. The molecular formula is C14H11N5O4S. The fourth-order valence-corrected chi connectivity index (χ4v) is 3.42. The summed E-state index contributed by atoms with van der Waals surface area (Å²) in [5.41, 5.74) is -0.117. The average Bonchev–Trinajstić information content (AvgIpc) is 3.03. The van der Waals surface area contributed by atoms with Gasteiger partial charge in [0, 0.05) is 6.07 Å². The molecule has 0 bridgehead atoms. The molecule has 0 spiro atoms. The highest BCUT2D eigenvalue weighted by Crippen LogP contribution is 2.23. The topological polar surface area (TPSA) is 121 Å². The Hall–Kier alpha value is -3.14. The lowest BCUT2D eigenvalue weighted by molar-refractivity contribution is -0.384. The fourth-order valence-electron chi connectivity index (χ4n) is 2.16. The molecule has 0 aliphatic heterocycles. The molecule has 0 radical (unpaired) electrons. The van der Waals surface area contributed by atoms with E-state index in [1.807, 2.05) is 0 Å². The van der Waals surface area contributed by atoms with Crippen LogP contribution in [0.15, 0.2) is 59.5 Å². The van der Waals surface area contributed by atoms with Gasteiger partial charge >= 0.3 is 0 Å². The summed E-state index contributed by atoms with van der Waals surface area (Å²) in [6.45, 7) is 0. The van der Waals surface area contributed by atoms with Crippen LogP contribution in [0.1, 0.15) is 5.82 Å². The summed E-state index contributed by atoms with van der Waals surface area (Å²) in [5, 5.41) is 22.0. The monoisotopic (exact) mass is 345 g/mol. The van der Waals surface area contributed by atoms with E-state index in [1.165, 1.54) is 30.3 Å². The van der Waals surface area contributed by atoms with Gasteiger partial charge in [-0.2, -0.15) is 4.68 Å². The van der Waals surface area contributed by atoms with Gasteiger partial charge < -0.3 is 0 Å². The van der Waals surface area contributed by atoms with Crippen molar-refractivity contribution >= 4 is 15.5 Å². The molecule has 0 unspecified atom stereocenters. The van der Waals surface area contributed by atoms with Crippen LogP contribution < -0.4 is 0 Å². The minimum atomic E-state index is -3.68. The second-order valence-corrected chi connectivity index (χ2v) is 6.81. The Morgan fingerprint density at radius 2 is 1.71 bits per heavy atom. The van der Waals surface area contributed by atoms with Gasteiger partial charge in [0.15, 0.2) is 15.7 Å². The third-order valence-electron chi connectivity index (χ3n) is 3.26. The van der Waals surface area contributed by atoms with Crippen molar-refractivity contribution in [1.82, 2.24) is 20.2 Å². The minimum Gasteiger partial charge on any atom is -0.258 e. The van der Waals surface area contributed by atoms with Crippen LogP contribution in [0.3, 0.4) is 0 Å². The van der Waals surface area contributed by atoms with Crippen LogP contribution in [0.25, 0.3) is 5.69 Å². The largest absolute Gasteiger partial charge is 0.295 e. The molecule has 0 N–H and O–H groups in total. The molecular weight excluding hydrogens is 334 g/mol. The predicted molar refractivity (Wildman–Crippen MR) is 83.1 cm³/mol. The number of aromatic nitrogens is 4. The van der Waals surface area contributed by atoms with Crippen molar-refractivity contribution in [3.63, 3.8) is 0 Å². The molecule has 10 heteroatoms. The summed E-state index contributed by atoms with van der Waals surface area (Å²) in [6.07, 6.45) is 0. The third-order valence-corrected chi connectivity index (χ3v) is 4.89. The van der Waals surface area contributed by atoms with Crippen molar-refractivity contribution in [3.8, 4) is 5.69 Å². The molecule has 1 heterocycles. The van der Waals surface area contributed by atoms with E-state index in [4.69, 9.17) is 0 Å². The molecule has 122 valence electrons. The molecule has 1 aromatic heterocycles. The number of nitro benzene ring substituents is 1. The first-order valence-corrected chi connectivity index (χ1v) is 8.43. The van der Waals surface area contributed by atoms with E-state index in [1.54, 1.807) is 24.3 Å². The van der Waals surface area contributed by atoms with Gasteiger partial charge in [-0.1, -0.05) is 30.3 Å². The summed E-state index contributed by atoms with van der Waals surface area (Å²) < 4.78 is 26.0. The highest BCUT2D eigenvalue weighted by Gasteiger charge is 2.23. The molecule has 24 heavy (non-hydrogen) atoms. The first kappa shape index (κ1) is 15.7. The molecule has 0 saturated heterocycles. The Labute approximate surface area is 136 Å². The van der Waals surface area contributed by atoms with Crippen molar-refractivity contribution in [1.29, 1.82) is 0 Å². The van der Waals surface area contributed by atoms with E-state index in [0.29, 0.717) is 0 Å². The predicted octanol–water partition coefficient (Wildman–Crippen LogP) is 1.54. The summed E-state index contributed by atoms with van der Waals surface area (Å²) in [4.78, 5) is 10.7. The second kappa shape index (κ2) is 6.16. The van der Waals surface area contributed by atoms with E-state index in [2.05, 4.69) is 15.5 Å². The van der Waals surface area contributed by atoms with E-state index in [9.17, 15) is 18.5 Å². The van der Waals surface area contributed by atoms with Crippen molar-refractivity contribution in [2.45, 2.75) is 10.6 Å². The molecule has 2 aromatic carbocycles. The quantitative estimate of drug-likeness (QED) is 0.508. The molecule has 0 aliphatic carbocycles. The molecule has 9 nitrogen and oxygen atoms in total. The molecule has 0 fully saturated rings. The van der Waals surface area contributed by atoms with E-state index >= 15 is 0 Å². The van der Waals surface area contributed by atoms with Crippen LogP contribution in [0, 0.1) is 10.1 Å². The number of nitrogens with zero attached hydrogens (tertiary/aromatic N) is 5. The number of benzene rings is 2. The van der Waals surface area contributed by atoms with Crippen LogP contribution in [0.4, 0.5) is 5.69 Å². The maximum absolute atomic E-state index is 12.5. The molecule has 0 amide bonds. The van der Waals surface area contributed by atoms with Crippen LogP contribution in [-0.2, 0) is 15.6 Å². The first-order valence-electron chi connectivity index (χ1n) is 6.78. The number of para-hydroxylation sites is 2. The van der Waals surface area contributed by atoms with Gasteiger partial charge in [-0.15, -0.1) is 5.10 Å². The number of rotatable bonds is 5. The minimum absolute atomic E-state index is 0.00634. The zero-order valence-corrected chi connectivity index (χ0v) is 13.0. The van der Waals surface area contributed by atoms with Crippen LogP contribution in [-0.4, -0.2) is 33.5 Å². The van der Waals surface area contributed by atoms with Crippen LogP contribution >= 0.6 is 0 Å². The number of hydrogen-bond donors (Lipinski definition) is 0. The molecule has 3 aromatic rings. The Bertz CT molecular complexity index is 985. The van der Waals surface area contributed by atoms with Crippen molar-refractivity contribution < 1.29 is 13.3 Å². The number of nitro groups is 1. The van der Waals surface area contributed by atoms with Gasteiger partial charge in [0.05, 0.1) is 9.82 Å². The molecule has 0 aliphatic rings. The van der Waals surface area contributed by atoms with Gasteiger partial charge in [0.25, 0.3) is 5.69 Å². The number of hydrogen-bond acceptors (Lipinski definition) is 7. The lowest BCUT2D eigenvalue weighted by Crippen LogP contribution is -2.12. The Morgan fingerprint density at radius 3 is 2.42 bits per heavy atom. The fraction of sp³-hybridized carbons (Fsp3) is 0.0714. The average molecular weight is 345 g/mol. The third kappa shape index (κ3) is 2.99. The molecule has 3 rings (SSSR count). The summed E-state index contributed by atoms with van der Waals surface area (Å²) in [6, 6.07) is 13.7. The molecule has 0 atom stereocenters. The van der Waals surface area contributed by atoms with E-state index in [-0.39, 0.29) is 22.1 Å². The van der Waals surface area contributed by atoms with Gasteiger partial charge in [0.2, 0.25) is 0 Å². The van der Waals surface area contributed by atoms with Gasteiger partial charge in [-0.05, 0) is 28.6 Å². The Morgan fingerprint density at radius 1 is 1.04 bits per heavy atom. The second-order valence-electron chi connectivity index (χ2n) is 4.82. The SMILES string of the molecule is O=[N+]([O-])c1ccccc1-n1nnnc1CS(=O)(=O)c1ccccc1. The highest BCUT2D eigenvalue weighted by atomic mass is 32.2. The maximum Gasteiger partial charge on any atom is 0.295 e. The van der Waals surface area contributed by atoms with E-state index < -0.39 is 20.5 Å². The highest BCUT2D eigenvalue weighted by molar-refractivity contribution is 7.90. The smallest absolute Gasteiger partial charge is 0.258 e.